The van der Waals surface area contributed by atoms with Crippen molar-refractivity contribution in [2.45, 2.75) is 10.6 Å². The van der Waals surface area contributed by atoms with Crippen LogP contribution in [0.2, 0.25) is 5.02 Å². The third-order valence-electron chi connectivity index (χ3n) is 2.39. The van der Waals surface area contributed by atoms with Crippen molar-refractivity contribution in [3.8, 4) is 6.07 Å². The molecule has 1 aromatic carbocycles. The van der Waals surface area contributed by atoms with Crippen LogP contribution in [0.3, 0.4) is 0 Å². The highest BCUT2D eigenvalue weighted by Gasteiger charge is 2.19. The predicted molar refractivity (Wildman–Crippen MR) is 68.1 cm³/mol. The van der Waals surface area contributed by atoms with Crippen LogP contribution in [0, 0.1) is 11.3 Å². The van der Waals surface area contributed by atoms with Crippen LogP contribution >= 0.6 is 11.6 Å². The van der Waals surface area contributed by atoms with E-state index in [0.29, 0.717) is 0 Å². The number of hydrogen-bond donors (Lipinski definition) is 0. The van der Waals surface area contributed by atoms with Crippen LogP contribution in [0.4, 0.5) is 0 Å². The second-order valence-corrected chi connectivity index (χ2v) is 6.24. The molecule has 0 atom stereocenters. The second kappa shape index (κ2) is 4.99. The summed E-state index contributed by atoms with van der Waals surface area (Å²) in [7, 11) is -1.93. The second-order valence-electron chi connectivity index (χ2n) is 3.85. The number of rotatable bonds is 3. The molecular weight excluding hydrogens is 288 g/mol. The number of nitriles is 1. The van der Waals surface area contributed by atoms with Crippen molar-refractivity contribution in [1.82, 2.24) is 14.8 Å². The summed E-state index contributed by atoms with van der Waals surface area (Å²) >= 11 is 5.82. The molecule has 19 heavy (non-hydrogen) atoms. The van der Waals surface area contributed by atoms with Crippen LogP contribution in [0.15, 0.2) is 29.4 Å². The van der Waals surface area contributed by atoms with E-state index >= 15 is 0 Å². The van der Waals surface area contributed by atoms with Crippen LogP contribution in [-0.2, 0) is 22.6 Å². The Hall–Kier alpha value is -1.91. The lowest BCUT2D eigenvalue weighted by Crippen LogP contribution is -2.07. The van der Waals surface area contributed by atoms with Crippen molar-refractivity contribution in [2.24, 2.45) is 7.05 Å². The van der Waals surface area contributed by atoms with Crippen molar-refractivity contribution in [3.05, 3.63) is 40.9 Å². The molecular formula is C11H9ClN4O2S. The highest BCUT2D eigenvalue weighted by Crippen LogP contribution is 2.22. The molecule has 0 unspecified atom stereocenters. The summed E-state index contributed by atoms with van der Waals surface area (Å²) in [5.41, 5.74) is 0.233. The maximum atomic E-state index is 12.1. The first-order valence-corrected chi connectivity index (χ1v) is 7.22. The summed E-state index contributed by atoms with van der Waals surface area (Å²) in [6.07, 6.45) is 1.43. The fourth-order valence-corrected chi connectivity index (χ4v) is 2.98. The van der Waals surface area contributed by atoms with Crippen molar-refractivity contribution < 1.29 is 8.42 Å². The van der Waals surface area contributed by atoms with E-state index in [1.807, 2.05) is 6.07 Å². The summed E-state index contributed by atoms with van der Waals surface area (Å²) < 4.78 is 25.7. The van der Waals surface area contributed by atoms with Crippen LogP contribution in [0.1, 0.15) is 11.4 Å². The fraction of sp³-hybridized carbons (Fsp3) is 0.182. The first-order chi connectivity index (χ1) is 8.92. The molecule has 0 bridgehead atoms. The van der Waals surface area contributed by atoms with Crippen molar-refractivity contribution in [2.75, 3.05) is 0 Å². The average molecular weight is 297 g/mol. The minimum atomic E-state index is -3.58. The van der Waals surface area contributed by atoms with Crippen molar-refractivity contribution >= 4 is 21.4 Å². The Labute approximate surface area is 115 Å². The van der Waals surface area contributed by atoms with Gasteiger partial charge in [-0.2, -0.15) is 10.4 Å². The van der Waals surface area contributed by atoms with Crippen LogP contribution in [0.5, 0.6) is 0 Å². The Morgan fingerprint density at radius 2 is 2.21 bits per heavy atom. The zero-order valence-electron chi connectivity index (χ0n) is 9.91. The highest BCUT2D eigenvalue weighted by atomic mass is 35.5. The minimum absolute atomic E-state index is 0.0453. The van der Waals surface area contributed by atoms with Gasteiger partial charge >= 0.3 is 0 Å². The molecule has 0 aliphatic rings. The summed E-state index contributed by atoms with van der Waals surface area (Å²) in [5.74, 6) is -0.0984. The highest BCUT2D eigenvalue weighted by molar-refractivity contribution is 7.90. The average Bonchev–Trinajstić information content (AvgIpc) is 2.73. The van der Waals surface area contributed by atoms with Gasteiger partial charge in [0.15, 0.2) is 15.7 Å². The van der Waals surface area contributed by atoms with Gasteiger partial charge in [-0.1, -0.05) is 11.6 Å². The van der Waals surface area contributed by atoms with Crippen LogP contribution < -0.4 is 0 Å². The third-order valence-corrected chi connectivity index (χ3v) is 4.31. The van der Waals surface area contributed by atoms with E-state index in [4.69, 9.17) is 16.9 Å². The topological polar surface area (TPSA) is 88.6 Å². The lowest BCUT2D eigenvalue weighted by Gasteiger charge is -2.03. The maximum Gasteiger partial charge on any atom is 0.185 e. The summed E-state index contributed by atoms with van der Waals surface area (Å²) in [6, 6.07) is 5.86. The molecule has 98 valence electrons. The molecule has 0 fully saturated rings. The Morgan fingerprint density at radius 1 is 1.47 bits per heavy atom. The van der Waals surface area contributed by atoms with E-state index in [0.717, 1.165) is 0 Å². The normalized spacial score (nSPS) is 11.2. The molecule has 0 N–H and O–H groups in total. The Bertz CT molecular complexity index is 761. The molecule has 0 aliphatic carbocycles. The van der Waals surface area contributed by atoms with Gasteiger partial charge in [0.25, 0.3) is 0 Å². The first-order valence-electron chi connectivity index (χ1n) is 5.19. The van der Waals surface area contributed by atoms with Gasteiger partial charge in [0.05, 0.1) is 15.5 Å². The minimum Gasteiger partial charge on any atom is -0.256 e. The van der Waals surface area contributed by atoms with E-state index in [-0.39, 0.29) is 27.1 Å². The maximum absolute atomic E-state index is 12.1. The van der Waals surface area contributed by atoms with Gasteiger partial charge in [-0.25, -0.2) is 13.4 Å². The molecule has 1 aromatic heterocycles. The number of aryl methyl sites for hydroxylation is 1. The van der Waals surface area contributed by atoms with E-state index < -0.39 is 9.84 Å². The number of benzene rings is 1. The predicted octanol–water partition coefficient (Wildman–Crippen LogP) is 1.31. The van der Waals surface area contributed by atoms with Crippen LogP contribution in [0.25, 0.3) is 0 Å². The van der Waals surface area contributed by atoms with Gasteiger partial charge in [-0.05, 0) is 18.2 Å². The molecule has 2 rings (SSSR count). The SMILES string of the molecule is Cn1cnc(CS(=O)(=O)c2ccc(C#N)c(Cl)c2)n1. The van der Waals surface area contributed by atoms with E-state index in [9.17, 15) is 8.42 Å². The summed E-state index contributed by atoms with van der Waals surface area (Å²) in [4.78, 5) is 3.92. The van der Waals surface area contributed by atoms with Gasteiger partial charge in [0.1, 0.15) is 18.1 Å². The third kappa shape index (κ3) is 2.92. The standard InChI is InChI=1S/C11H9ClN4O2S/c1-16-7-14-11(15-16)6-19(17,18)9-3-2-8(5-13)10(12)4-9/h2-4,7H,6H2,1H3. The molecule has 6 nitrogen and oxygen atoms in total. The Morgan fingerprint density at radius 3 is 2.74 bits per heavy atom. The molecule has 0 saturated carbocycles. The lowest BCUT2D eigenvalue weighted by atomic mass is 10.2. The van der Waals surface area contributed by atoms with E-state index in [1.54, 1.807) is 7.05 Å². The Balaban J connectivity index is 2.35. The summed E-state index contributed by atoms with van der Waals surface area (Å²) in [6.45, 7) is 0. The van der Waals surface area contributed by atoms with Gasteiger partial charge in [-0.15, -0.1) is 0 Å². The van der Waals surface area contributed by atoms with Gasteiger partial charge in [0, 0.05) is 7.05 Å². The molecule has 1 heterocycles. The number of aromatic nitrogens is 3. The zero-order chi connectivity index (χ0) is 14.0. The van der Waals surface area contributed by atoms with E-state index in [2.05, 4.69) is 10.1 Å². The molecule has 0 saturated heterocycles. The first kappa shape index (κ1) is 13.5. The largest absolute Gasteiger partial charge is 0.256 e. The Kier molecular flexibility index (Phi) is 3.55. The van der Waals surface area contributed by atoms with Crippen molar-refractivity contribution in [1.29, 1.82) is 5.26 Å². The van der Waals surface area contributed by atoms with Gasteiger partial charge in [-0.3, -0.25) is 4.68 Å². The van der Waals surface area contributed by atoms with Crippen LogP contribution in [-0.4, -0.2) is 23.2 Å². The summed E-state index contributed by atoms with van der Waals surface area (Å²) in [5, 5.41) is 12.8. The number of sulfone groups is 1. The fourth-order valence-electron chi connectivity index (χ4n) is 1.48. The van der Waals surface area contributed by atoms with Gasteiger partial charge < -0.3 is 0 Å². The molecule has 2 aromatic rings. The molecule has 0 radical (unpaired) electrons. The molecule has 0 amide bonds. The number of nitrogens with zero attached hydrogens (tertiary/aromatic N) is 4. The number of hydrogen-bond acceptors (Lipinski definition) is 5. The zero-order valence-corrected chi connectivity index (χ0v) is 11.5. The van der Waals surface area contributed by atoms with Crippen molar-refractivity contribution in [3.63, 3.8) is 0 Å². The quantitative estimate of drug-likeness (QED) is 0.852. The smallest absolute Gasteiger partial charge is 0.185 e. The monoisotopic (exact) mass is 296 g/mol. The molecule has 0 aliphatic heterocycles. The molecule has 0 spiro atoms. The molecule has 8 heteroatoms. The van der Waals surface area contributed by atoms with Gasteiger partial charge in [0.2, 0.25) is 0 Å². The lowest BCUT2D eigenvalue weighted by molar-refractivity contribution is 0.593. The van der Waals surface area contributed by atoms with E-state index in [1.165, 1.54) is 29.2 Å². The number of halogens is 1.